The summed E-state index contributed by atoms with van der Waals surface area (Å²) in [6.07, 6.45) is 7.43. The number of hydrogen-bond acceptors (Lipinski definition) is 3. The van der Waals surface area contributed by atoms with Gasteiger partial charge in [-0.15, -0.1) is 0 Å². The minimum Gasteiger partial charge on any atom is -0.383 e. The molecule has 0 atom stereocenters. The molecule has 3 aromatic heterocycles. The maximum absolute atomic E-state index is 6.14. The summed E-state index contributed by atoms with van der Waals surface area (Å²) in [6, 6.07) is 11.3. The molecule has 0 amide bonds. The van der Waals surface area contributed by atoms with E-state index in [1.807, 2.05) is 56.0 Å². The molecule has 1 aromatic carbocycles. The number of rotatable bonds is 3. The number of nitrogens with zero attached hydrogens (tertiary/aromatic N) is 5. The molecule has 0 fully saturated rings. The molecule has 7 heteroatoms. The standard InChI is InChI=1S/C18H15ClN6/c1-24-10-14(9-21-24)13-7-15-6-12(8-22-25(15)11-13)18(20)23-17-5-3-2-4-16(17)19/h2-11H,1H3,(H2,20,23). The number of aryl methyl sites for hydroxylation is 1. The van der Waals surface area contributed by atoms with E-state index in [1.165, 1.54) is 0 Å². The van der Waals surface area contributed by atoms with E-state index in [1.54, 1.807) is 21.5 Å². The average Bonchev–Trinajstić information content (AvgIpc) is 3.22. The van der Waals surface area contributed by atoms with E-state index in [0.717, 1.165) is 22.2 Å². The Hall–Kier alpha value is -3.12. The second-order valence-corrected chi connectivity index (χ2v) is 6.10. The van der Waals surface area contributed by atoms with Crippen molar-refractivity contribution in [3.63, 3.8) is 0 Å². The predicted molar refractivity (Wildman–Crippen MR) is 99.2 cm³/mol. The highest BCUT2D eigenvalue weighted by Gasteiger charge is 2.08. The SMILES string of the molecule is Cn1cc(-c2cc3cc(C(N)=Nc4ccccc4Cl)cnn3c2)cn1. The zero-order chi connectivity index (χ0) is 17.4. The monoisotopic (exact) mass is 350 g/mol. The van der Waals surface area contributed by atoms with Crippen LogP contribution in [0.1, 0.15) is 5.56 Å². The van der Waals surface area contributed by atoms with Crippen molar-refractivity contribution in [2.75, 3.05) is 0 Å². The first-order valence-corrected chi connectivity index (χ1v) is 8.04. The lowest BCUT2D eigenvalue weighted by molar-refractivity contribution is 0.768. The Bertz CT molecular complexity index is 1090. The predicted octanol–water partition coefficient (Wildman–Crippen LogP) is 3.43. The van der Waals surface area contributed by atoms with E-state index in [-0.39, 0.29) is 0 Å². The molecule has 0 saturated carbocycles. The van der Waals surface area contributed by atoms with Crippen molar-refractivity contribution in [1.82, 2.24) is 19.4 Å². The smallest absolute Gasteiger partial charge is 0.133 e. The van der Waals surface area contributed by atoms with Crippen LogP contribution in [0.2, 0.25) is 5.02 Å². The van der Waals surface area contributed by atoms with Gasteiger partial charge in [-0.3, -0.25) is 4.68 Å². The first-order valence-electron chi connectivity index (χ1n) is 7.67. The minimum absolute atomic E-state index is 0.368. The third-order valence-electron chi connectivity index (χ3n) is 3.88. The molecule has 0 aliphatic rings. The van der Waals surface area contributed by atoms with Crippen molar-refractivity contribution in [2.24, 2.45) is 17.8 Å². The fourth-order valence-electron chi connectivity index (χ4n) is 2.60. The summed E-state index contributed by atoms with van der Waals surface area (Å²) >= 11 is 6.13. The van der Waals surface area contributed by atoms with Gasteiger partial charge in [0, 0.05) is 36.1 Å². The molecule has 0 bridgehead atoms. The third kappa shape index (κ3) is 2.99. The molecular weight excluding hydrogens is 336 g/mol. The lowest BCUT2D eigenvalue weighted by Gasteiger charge is -2.03. The van der Waals surface area contributed by atoms with Crippen molar-refractivity contribution in [3.8, 4) is 11.1 Å². The van der Waals surface area contributed by atoms with Crippen LogP contribution in [0.15, 0.2) is 66.2 Å². The van der Waals surface area contributed by atoms with Crippen molar-refractivity contribution in [2.45, 2.75) is 0 Å². The Kier molecular flexibility index (Phi) is 3.74. The molecule has 2 N–H and O–H groups in total. The molecule has 0 radical (unpaired) electrons. The Morgan fingerprint density at radius 1 is 1.08 bits per heavy atom. The number of aromatic nitrogens is 4. The summed E-state index contributed by atoms with van der Waals surface area (Å²) in [5, 5.41) is 9.17. The van der Waals surface area contributed by atoms with Gasteiger partial charge in [0.1, 0.15) is 5.84 Å². The minimum atomic E-state index is 0.368. The van der Waals surface area contributed by atoms with E-state index >= 15 is 0 Å². The second kappa shape index (κ2) is 6.07. The highest BCUT2D eigenvalue weighted by Crippen LogP contribution is 2.25. The highest BCUT2D eigenvalue weighted by molar-refractivity contribution is 6.33. The number of hydrogen-bond donors (Lipinski definition) is 1. The van der Waals surface area contributed by atoms with Gasteiger partial charge >= 0.3 is 0 Å². The van der Waals surface area contributed by atoms with Crippen LogP contribution in [-0.2, 0) is 7.05 Å². The molecule has 0 unspecified atom stereocenters. The normalized spacial score (nSPS) is 12.0. The summed E-state index contributed by atoms with van der Waals surface area (Å²) in [7, 11) is 1.89. The average molecular weight is 351 g/mol. The van der Waals surface area contributed by atoms with E-state index in [0.29, 0.717) is 16.5 Å². The van der Waals surface area contributed by atoms with Gasteiger partial charge < -0.3 is 5.73 Å². The van der Waals surface area contributed by atoms with E-state index in [9.17, 15) is 0 Å². The van der Waals surface area contributed by atoms with E-state index in [2.05, 4.69) is 15.2 Å². The molecule has 124 valence electrons. The number of amidine groups is 1. The molecular formula is C18H15ClN6. The lowest BCUT2D eigenvalue weighted by atomic mass is 10.2. The molecule has 25 heavy (non-hydrogen) atoms. The Labute approximate surface area is 149 Å². The van der Waals surface area contributed by atoms with Gasteiger partial charge in [0.05, 0.1) is 28.6 Å². The van der Waals surface area contributed by atoms with Gasteiger partial charge in [-0.25, -0.2) is 9.51 Å². The van der Waals surface area contributed by atoms with Crippen LogP contribution in [0.3, 0.4) is 0 Å². The Balaban J connectivity index is 1.72. The van der Waals surface area contributed by atoms with Gasteiger partial charge in [0.15, 0.2) is 0 Å². The van der Waals surface area contributed by atoms with Crippen LogP contribution in [0, 0.1) is 0 Å². The van der Waals surface area contributed by atoms with Crippen molar-refractivity contribution in [3.05, 3.63) is 71.8 Å². The van der Waals surface area contributed by atoms with Crippen LogP contribution in [0.5, 0.6) is 0 Å². The summed E-state index contributed by atoms with van der Waals surface area (Å²) in [4.78, 5) is 4.40. The molecule has 6 nitrogen and oxygen atoms in total. The molecule has 4 aromatic rings. The molecule has 0 spiro atoms. The summed E-state index contributed by atoms with van der Waals surface area (Å²) < 4.78 is 3.57. The summed E-state index contributed by atoms with van der Waals surface area (Å²) in [5.41, 5.74) is 10.5. The number of halogens is 1. The Morgan fingerprint density at radius 2 is 1.92 bits per heavy atom. The second-order valence-electron chi connectivity index (χ2n) is 5.69. The topological polar surface area (TPSA) is 73.5 Å². The fraction of sp³-hybridized carbons (Fsp3) is 0.0556. The Morgan fingerprint density at radius 3 is 2.68 bits per heavy atom. The van der Waals surface area contributed by atoms with Gasteiger partial charge in [-0.05, 0) is 24.3 Å². The van der Waals surface area contributed by atoms with Crippen LogP contribution in [0.4, 0.5) is 5.69 Å². The lowest BCUT2D eigenvalue weighted by Crippen LogP contribution is -2.13. The highest BCUT2D eigenvalue weighted by atomic mass is 35.5. The largest absolute Gasteiger partial charge is 0.383 e. The maximum atomic E-state index is 6.14. The maximum Gasteiger partial charge on any atom is 0.133 e. The molecule has 0 saturated heterocycles. The van der Waals surface area contributed by atoms with Crippen molar-refractivity contribution in [1.29, 1.82) is 0 Å². The molecule has 3 heterocycles. The fourth-order valence-corrected chi connectivity index (χ4v) is 2.78. The number of benzene rings is 1. The van der Waals surface area contributed by atoms with Gasteiger partial charge in [-0.2, -0.15) is 10.2 Å². The first-order chi connectivity index (χ1) is 12.1. The van der Waals surface area contributed by atoms with Crippen LogP contribution >= 0.6 is 11.6 Å². The van der Waals surface area contributed by atoms with Crippen LogP contribution in [-0.4, -0.2) is 25.2 Å². The number of para-hydroxylation sites is 1. The van der Waals surface area contributed by atoms with Gasteiger partial charge in [0.25, 0.3) is 0 Å². The van der Waals surface area contributed by atoms with Crippen LogP contribution in [0.25, 0.3) is 16.6 Å². The van der Waals surface area contributed by atoms with E-state index < -0.39 is 0 Å². The van der Waals surface area contributed by atoms with Crippen LogP contribution < -0.4 is 5.73 Å². The number of nitrogens with two attached hydrogens (primary N) is 1. The quantitative estimate of drug-likeness (QED) is 0.454. The zero-order valence-corrected chi connectivity index (χ0v) is 14.2. The molecule has 4 rings (SSSR count). The first kappa shape index (κ1) is 15.4. The van der Waals surface area contributed by atoms with E-state index in [4.69, 9.17) is 17.3 Å². The third-order valence-corrected chi connectivity index (χ3v) is 4.20. The number of fused-ring (bicyclic) bond motifs is 1. The number of aliphatic imine (C=N–C) groups is 1. The van der Waals surface area contributed by atoms with Crippen molar-refractivity contribution < 1.29 is 0 Å². The van der Waals surface area contributed by atoms with Crippen molar-refractivity contribution >= 4 is 28.6 Å². The molecule has 0 aliphatic heterocycles. The summed E-state index contributed by atoms with van der Waals surface area (Å²) in [5.74, 6) is 0.368. The summed E-state index contributed by atoms with van der Waals surface area (Å²) in [6.45, 7) is 0. The van der Waals surface area contributed by atoms with Gasteiger partial charge in [0.2, 0.25) is 0 Å². The molecule has 0 aliphatic carbocycles. The van der Waals surface area contributed by atoms with Gasteiger partial charge in [-0.1, -0.05) is 23.7 Å². The zero-order valence-electron chi connectivity index (χ0n) is 13.5.